The van der Waals surface area contributed by atoms with Gasteiger partial charge >= 0.3 is 6.09 Å². The predicted octanol–water partition coefficient (Wildman–Crippen LogP) is 2.75. The van der Waals surface area contributed by atoms with E-state index in [1.165, 1.54) is 0 Å². The van der Waals surface area contributed by atoms with Gasteiger partial charge in [-0.15, -0.1) is 0 Å². The number of benzene rings is 1. The highest BCUT2D eigenvalue weighted by molar-refractivity contribution is 5.99. The summed E-state index contributed by atoms with van der Waals surface area (Å²) in [5.74, 6) is 1.03. The smallest absolute Gasteiger partial charge is 0.410 e. The number of hydrogen-bond acceptors (Lipinski definition) is 4. The van der Waals surface area contributed by atoms with Gasteiger partial charge in [-0.2, -0.15) is 0 Å². The Kier molecular flexibility index (Phi) is 4.74. The second-order valence-electron chi connectivity index (χ2n) is 6.66. The van der Waals surface area contributed by atoms with Crippen molar-refractivity contribution in [2.24, 2.45) is 4.99 Å². The minimum Gasteiger partial charge on any atom is -0.444 e. The summed E-state index contributed by atoms with van der Waals surface area (Å²) < 4.78 is 5.35. The molecule has 22 heavy (non-hydrogen) atoms. The molecule has 1 aromatic rings. The largest absolute Gasteiger partial charge is 0.444 e. The van der Waals surface area contributed by atoms with Crippen LogP contribution in [0.2, 0.25) is 0 Å². The molecule has 2 rings (SSSR count). The van der Waals surface area contributed by atoms with Gasteiger partial charge in [-0.25, -0.2) is 4.79 Å². The van der Waals surface area contributed by atoms with Crippen LogP contribution in [0.25, 0.3) is 0 Å². The van der Waals surface area contributed by atoms with Gasteiger partial charge in [0.1, 0.15) is 11.4 Å². The second kappa shape index (κ2) is 6.38. The fraction of sp³-hybridized carbons (Fsp3) is 0.529. The molecule has 1 aromatic carbocycles. The number of likely N-dealkylation sites (N-methyl/N-ethyl adjacent to an activating group) is 1. The highest BCUT2D eigenvalue weighted by Crippen LogP contribution is 2.14. The molecule has 0 aromatic heterocycles. The molecule has 0 saturated heterocycles. The van der Waals surface area contributed by atoms with E-state index in [1.807, 2.05) is 32.9 Å². The summed E-state index contributed by atoms with van der Waals surface area (Å²) in [5, 5.41) is 0. The van der Waals surface area contributed by atoms with Crippen molar-refractivity contribution in [3.63, 3.8) is 0 Å². The number of amides is 1. The van der Waals surface area contributed by atoms with E-state index >= 15 is 0 Å². The molecule has 5 nitrogen and oxygen atoms in total. The van der Waals surface area contributed by atoms with E-state index in [0.717, 1.165) is 30.1 Å². The van der Waals surface area contributed by atoms with E-state index in [1.54, 1.807) is 11.9 Å². The average Bonchev–Trinajstić information content (AvgIpc) is 2.84. The average molecular weight is 303 g/mol. The number of hydrogen-bond donors (Lipinski definition) is 0. The zero-order valence-electron chi connectivity index (χ0n) is 14.1. The molecule has 0 radical (unpaired) electrons. The number of carbonyl (C=O) groups excluding carboxylic acids is 1. The lowest BCUT2D eigenvalue weighted by Gasteiger charge is -2.24. The molecule has 0 aliphatic carbocycles. The predicted molar refractivity (Wildman–Crippen MR) is 88.2 cm³/mol. The zero-order valence-corrected chi connectivity index (χ0v) is 14.1. The monoisotopic (exact) mass is 303 g/mol. The molecule has 1 aliphatic heterocycles. The SMILES string of the molecule is CN(Cc1ccc(C2=NCCN2C)cc1)C(=O)OC(C)(C)C. The van der Waals surface area contributed by atoms with Crippen LogP contribution in [0.1, 0.15) is 31.9 Å². The van der Waals surface area contributed by atoms with Crippen molar-refractivity contribution in [1.29, 1.82) is 0 Å². The molecule has 0 bridgehead atoms. The maximum absolute atomic E-state index is 12.0. The van der Waals surface area contributed by atoms with E-state index in [4.69, 9.17) is 4.74 Å². The molecular formula is C17H25N3O2. The molecule has 1 aliphatic rings. The lowest BCUT2D eigenvalue weighted by Crippen LogP contribution is -2.33. The van der Waals surface area contributed by atoms with Crippen LogP contribution in [-0.4, -0.2) is 54.5 Å². The van der Waals surface area contributed by atoms with Gasteiger partial charge in [-0.3, -0.25) is 4.99 Å². The molecule has 0 atom stereocenters. The van der Waals surface area contributed by atoms with E-state index in [2.05, 4.69) is 29.1 Å². The third-order valence-electron chi connectivity index (χ3n) is 3.40. The van der Waals surface area contributed by atoms with E-state index in [9.17, 15) is 4.79 Å². The molecular weight excluding hydrogens is 278 g/mol. The van der Waals surface area contributed by atoms with Crippen molar-refractivity contribution in [3.8, 4) is 0 Å². The van der Waals surface area contributed by atoms with Crippen LogP contribution in [0.3, 0.4) is 0 Å². The summed E-state index contributed by atoms with van der Waals surface area (Å²) in [5.41, 5.74) is 1.71. The molecule has 0 spiro atoms. The maximum Gasteiger partial charge on any atom is 0.410 e. The Balaban J connectivity index is 1.98. The Hall–Kier alpha value is -2.04. The summed E-state index contributed by atoms with van der Waals surface area (Å²) in [4.78, 5) is 20.2. The Labute approximate surface area is 132 Å². The zero-order chi connectivity index (χ0) is 16.3. The second-order valence-corrected chi connectivity index (χ2v) is 6.66. The number of aliphatic imine (C=N–C) groups is 1. The van der Waals surface area contributed by atoms with Crippen LogP contribution >= 0.6 is 0 Å². The minimum absolute atomic E-state index is 0.309. The molecule has 1 heterocycles. The molecule has 0 fully saturated rings. The first-order chi connectivity index (χ1) is 10.3. The number of ether oxygens (including phenoxy) is 1. The fourth-order valence-electron chi connectivity index (χ4n) is 2.28. The Bertz CT molecular complexity index is 558. The van der Waals surface area contributed by atoms with Crippen molar-refractivity contribution >= 4 is 11.9 Å². The Morgan fingerprint density at radius 3 is 2.45 bits per heavy atom. The maximum atomic E-state index is 12.0. The first-order valence-corrected chi connectivity index (χ1v) is 7.55. The summed E-state index contributed by atoms with van der Waals surface area (Å²) in [6.45, 7) is 7.95. The lowest BCUT2D eigenvalue weighted by molar-refractivity contribution is 0.0285. The van der Waals surface area contributed by atoms with Gasteiger partial charge in [0.15, 0.2) is 0 Å². The third kappa shape index (κ3) is 4.23. The topological polar surface area (TPSA) is 45.1 Å². The van der Waals surface area contributed by atoms with Crippen molar-refractivity contribution < 1.29 is 9.53 Å². The highest BCUT2D eigenvalue weighted by Gasteiger charge is 2.20. The molecule has 1 amide bonds. The minimum atomic E-state index is -0.472. The highest BCUT2D eigenvalue weighted by atomic mass is 16.6. The van der Waals surface area contributed by atoms with Gasteiger partial charge in [0.05, 0.1) is 6.54 Å². The third-order valence-corrected chi connectivity index (χ3v) is 3.40. The van der Waals surface area contributed by atoms with Crippen LogP contribution in [0.4, 0.5) is 4.79 Å². The molecule has 5 heteroatoms. The standard InChI is InChI=1S/C17H25N3O2/c1-17(2,3)22-16(21)20(5)12-13-6-8-14(9-7-13)15-18-10-11-19(15)4/h6-9H,10-12H2,1-5H3. The Morgan fingerprint density at radius 1 is 1.32 bits per heavy atom. The number of rotatable bonds is 3. The van der Waals surface area contributed by atoms with E-state index < -0.39 is 5.60 Å². The van der Waals surface area contributed by atoms with Crippen molar-refractivity contribution in [2.45, 2.75) is 32.9 Å². The van der Waals surface area contributed by atoms with Gasteiger partial charge < -0.3 is 14.5 Å². The summed E-state index contributed by atoms with van der Waals surface area (Å²) in [6.07, 6.45) is -0.309. The van der Waals surface area contributed by atoms with Gasteiger partial charge in [0.25, 0.3) is 0 Å². The van der Waals surface area contributed by atoms with Crippen LogP contribution < -0.4 is 0 Å². The molecule has 0 unspecified atom stereocenters. The van der Waals surface area contributed by atoms with E-state index in [-0.39, 0.29) is 6.09 Å². The number of nitrogens with zero attached hydrogens (tertiary/aromatic N) is 3. The van der Waals surface area contributed by atoms with Crippen LogP contribution in [0, 0.1) is 0 Å². The molecule has 0 saturated carbocycles. The van der Waals surface area contributed by atoms with Crippen molar-refractivity contribution in [1.82, 2.24) is 9.80 Å². The first-order valence-electron chi connectivity index (χ1n) is 7.55. The van der Waals surface area contributed by atoms with Crippen LogP contribution in [0.15, 0.2) is 29.3 Å². The van der Waals surface area contributed by atoms with Gasteiger partial charge in [-0.1, -0.05) is 24.3 Å². The number of amidine groups is 1. The normalized spacial score (nSPS) is 14.8. The first kappa shape index (κ1) is 16.3. The Morgan fingerprint density at radius 2 is 1.95 bits per heavy atom. The molecule has 120 valence electrons. The van der Waals surface area contributed by atoms with Gasteiger partial charge in [-0.05, 0) is 26.3 Å². The van der Waals surface area contributed by atoms with Crippen LogP contribution in [0.5, 0.6) is 0 Å². The fourth-order valence-corrected chi connectivity index (χ4v) is 2.28. The number of carbonyl (C=O) groups is 1. The van der Waals surface area contributed by atoms with Crippen molar-refractivity contribution in [2.75, 3.05) is 27.2 Å². The van der Waals surface area contributed by atoms with Gasteiger partial charge in [0, 0.05) is 32.7 Å². The summed E-state index contributed by atoms with van der Waals surface area (Å²) >= 11 is 0. The van der Waals surface area contributed by atoms with Crippen LogP contribution in [-0.2, 0) is 11.3 Å². The lowest BCUT2D eigenvalue weighted by atomic mass is 10.1. The van der Waals surface area contributed by atoms with Gasteiger partial charge in [0.2, 0.25) is 0 Å². The molecule has 0 N–H and O–H groups in total. The summed E-state index contributed by atoms with van der Waals surface area (Å²) in [7, 11) is 3.80. The van der Waals surface area contributed by atoms with Crippen molar-refractivity contribution in [3.05, 3.63) is 35.4 Å². The summed E-state index contributed by atoms with van der Waals surface area (Å²) in [6, 6.07) is 8.17. The van der Waals surface area contributed by atoms with E-state index in [0.29, 0.717) is 6.54 Å². The quantitative estimate of drug-likeness (QED) is 0.862.